The van der Waals surface area contributed by atoms with Gasteiger partial charge in [0.1, 0.15) is 11.5 Å². The molecule has 2 saturated heterocycles. The zero-order chi connectivity index (χ0) is 30.8. The fourth-order valence-electron chi connectivity index (χ4n) is 7.80. The summed E-state index contributed by atoms with van der Waals surface area (Å²) in [6.07, 6.45) is 0.0524. The van der Waals surface area contributed by atoms with E-state index in [1.54, 1.807) is 53.4 Å². The molecule has 9 rings (SSSR count). The summed E-state index contributed by atoms with van der Waals surface area (Å²) in [4.78, 5) is 56.7. The lowest BCUT2D eigenvalue weighted by Crippen LogP contribution is -2.41. The van der Waals surface area contributed by atoms with Crippen molar-refractivity contribution in [3.8, 4) is 11.5 Å². The van der Waals surface area contributed by atoms with E-state index < -0.39 is 23.7 Å². The Morgan fingerprint density at radius 2 is 1.18 bits per heavy atom. The standard InChI is InChI=1S/C37H30N2O6/c1-2-44-24-15-11-22(12-16-24)38-20-21(19-30(38)40)37(43)45-25-17-13-23(14-18-25)39-35(41)33-31-26-7-3-4-8-27(26)32(34(33)36(39)42)29-10-6-5-9-28(29)31/h3-18,21,31-34H,2,19-20H2,1H3/t21-,31?,32?,33-,34-/m1/s1. The van der Waals surface area contributed by atoms with Gasteiger partial charge in [0, 0.05) is 30.5 Å². The van der Waals surface area contributed by atoms with Crippen molar-refractivity contribution in [2.75, 3.05) is 23.0 Å². The predicted molar refractivity (Wildman–Crippen MR) is 166 cm³/mol. The number of carbonyl (C=O) groups is 4. The first-order valence-electron chi connectivity index (χ1n) is 15.3. The molecule has 2 bridgehead atoms. The van der Waals surface area contributed by atoms with Crippen LogP contribution in [0.2, 0.25) is 0 Å². The number of nitrogens with zero attached hydrogens (tertiary/aromatic N) is 2. The number of hydrogen-bond acceptors (Lipinski definition) is 6. The Morgan fingerprint density at radius 3 is 1.69 bits per heavy atom. The Kier molecular flexibility index (Phi) is 6.34. The normalized spacial score (nSPS) is 24.4. The number of ether oxygens (including phenoxy) is 2. The van der Waals surface area contributed by atoms with Crippen LogP contribution in [0, 0.1) is 17.8 Å². The maximum Gasteiger partial charge on any atom is 0.316 e. The van der Waals surface area contributed by atoms with E-state index in [0.29, 0.717) is 23.7 Å². The van der Waals surface area contributed by atoms with Crippen LogP contribution in [0.15, 0.2) is 97.1 Å². The van der Waals surface area contributed by atoms with Crippen molar-refractivity contribution in [2.24, 2.45) is 17.8 Å². The topological polar surface area (TPSA) is 93.2 Å². The Labute approximate surface area is 260 Å². The summed E-state index contributed by atoms with van der Waals surface area (Å²) < 4.78 is 11.1. The van der Waals surface area contributed by atoms with Gasteiger partial charge in [-0.2, -0.15) is 0 Å². The van der Waals surface area contributed by atoms with Crippen LogP contribution >= 0.6 is 0 Å². The molecule has 3 amide bonds. The van der Waals surface area contributed by atoms with Gasteiger partial charge >= 0.3 is 5.97 Å². The van der Waals surface area contributed by atoms with Crippen LogP contribution in [-0.4, -0.2) is 36.8 Å². The highest BCUT2D eigenvalue weighted by atomic mass is 16.5. The number of anilines is 2. The quantitative estimate of drug-likeness (QED) is 0.167. The van der Waals surface area contributed by atoms with Gasteiger partial charge in [-0.1, -0.05) is 48.5 Å². The molecule has 0 N–H and O–H groups in total. The van der Waals surface area contributed by atoms with Gasteiger partial charge in [0.15, 0.2) is 0 Å². The number of hydrogen-bond donors (Lipinski definition) is 0. The molecule has 45 heavy (non-hydrogen) atoms. The second-order valence-corrected chi connectivity index (χ2v) is 12.0. The van der Waals surface area contributed by atoms with Crippen LogP contribution in [0.1, 0.15) is 47.4 Å². The molecule has 8 heteroatoms. The van der Waals surface area contributed by atoms with Gasteiger partial charge in [-0.05, 0) is 77.7 Å². The van der Waals surface area contributed by atoms with Gasteiger partial charge in [0.25, 0.3) is 0 Å². The molecule has 0 unspecified atom stereocenters. The van der Waals surface area contributed by atoms with Gasteiger partial charge in [-0.15, -0.1) is 0 Å². The van der Waals surface area contributed by atoms with E-state index in [1.807, 2.05) is 31.2 Å². The number of imide groups is 1. The van der Waals surface area contributed by atoms with Crippen molar-refractivity contribution >= 4 is 35.1 Å². The van der Waals surface area contributed by atoms with Crippen LogP contribution in [0.4, 0.5) is 11.4 Å². The average molecular weight is 599 g/mol. The molecule has 4 aromatic rings. The zero-order valence-corrected chi connectivity index (χ0v) is 24.6. The number of carbonyl (C=O) groups excluding carboxylic acids is 4. The SMILES string of the molecule is CCOc1ccc(N2C[C@H](C(=O)Oc3ccc(N4C(=O)[C@@H]5C6c7ccccc7C(c7ccccc76)[C@H]5C4=O)cc3)CC2=O)cc1. The third kappa shape index (κ3) is 4.19. The Bertz CT molecular complexity index is 1750. The predicted octanol–water partition coefficient (Wildman–Crippen LogP) is 5.44. The fraction of sp³-hybridized carbons (Fsp3) is 0.243. The molecular formula is C37H30N2O6. The van der Waals surface area contributed by atoms with Crippen LogP contribution in [0.3, 0.4) is 0 Å². The van der Waals surface area contributed by atoms with Gasteiger partial charge in [-0.25, -0.2) is 4.90 Å². The average Bonchev–Trinajstić information content (AvgIpc) is 3.59. The molecule has 0 saturated carbocycles. The van der Waals surface area contributed by atoms with Gasteiger partial charge in [0.2, 0.25) is 17.7 Å². The van der Waals surface area contributed by atoms with E-state index in [9.17, 15) is 19.2 Å². The Balaban J connectivity index is 0.991. The smallest absolute Gasteiger partial charge is 0.316 e. The van der Waals surface area contributed by atoms with Crippen LogP contribution in [-0.2, 0) is 19.2 Å². The first kappa shape index (κ1) is 27.3. The van der Waals surface area contributed by atoms with Gasteiger partial charge in [-0.3, -0.25) is 19.2 Å². The number of rotatable bonds is 6. The molecule has 2 aliphatic heterocycles. The van der Waals surface area contributed by atoms with Gasteiger partial charge < -0.3 is 14.4 Å². The third-order valence-electron chi connectivity index (χ3n) is 9.68. The maximum absolute atomic E-state index is 14.0. The summed E-state index contributed by atoms with van der Waals surface area (Å²) in [6.45, 7) is 2.67. The largest absolute Gasteiger partial charge is 0.494 e. The van der Waals surface area contributed by atoms with Crippen LogP contribution in [0.5, 0.6) is 11.5 Å². The number of amides is 3. The molecule has 0 spiro atoms. The highest BCUT2D eigenvalue weighted by Crippen LogP contribution is 2.61. The van der Waals surface area contributed by atoms with E-state index in [-0.39, 0.29) is 48.3 Å². The molecule has 4 aromatic carbocycles. The highest BCUT2D eigenvalue weighted by Gasteiger charge is 2.61. The monoisotopic (exact) mass is 598 g/mol. The first-order valence-corrected chi connectivity index (χ1v) is 15.3. The van der Waals surface area contributed by atoms with E-state index in [4.69, 9.17) is 9.47 Å². The molecule has 2 heterocycles. The minimum atomic E-state index is -0.618. The van der Waals surface area contributed by atoms with Crippen molar-refractivity contribution in [2.45, 2.75) is 25.2 Å². The fourth-order valence-corrected chi connectivity index (χ4v) is 7.80. The number of benzene rings is 4. The molecular weight excluding hydrogens is 568 g/mol. The summed E-state index contributed by atoms with van der Waals surface area (Å²) in [5.74, 6) is -1.97. The first-order chi connectivity index (χ1) is 21.9. The molecule has 0 aromatic heterocycles. The molecule has 8 nitrogen and oxygen atoms in total. The summed E-state index contributed by atoms with van der Waals surface area (Å²) in [5, 5.41) is 0. The van der Waals surface area contributed by atoms with Crippen molar-refractivity contribution in [1.29, 1.82) is 0 Å². The lowest BCUT2D eigenvalue weighted by molar-refractivity contribution is -0.139. The van der Waals surface area contributed by atoms with Crippen LogP contribution in [0.25, 0.3) is 0 Å². The zero-order valence-electron chi connectivity index (χ0n) is 24.6. The minimum absolute atomic E-state index is 0.0524. The molecule has 0 radical (unpaired) electrons. The van der Waals surface area contributed by atoms with Crippen molar-refractivity contribution < 1.29 is 28.7 Å². The van der Waals surface area contributed by atoms with E-state index >= 15 is 0 Å². The van der Waals surface area contributed by atoms with Crippen LogP contribution < -0.4 is 19.3 Å². The molecule has 224 valence electrons. The minimum Gasteiger partial charge on any atom is -0.494 e. The molecule has 5 aliphatic rings. The van der Waals surface area contributed by atoms with Crippen molar-refractivity contribution in [3.63, 3.8) is 0 Å². The van der Waals surface area contributed by atoms with Crippen molar-refractivity contribution in [1.82, 2.24) is 0 Å². The summed E-state index contributed by atoms with van der Waals surface area (Å²) >= 11 is 0. The summed E-state index contributed by atoms with van der Waals surface area (Å²) in [6, 6.07) is 30.0. The Hall–Kier alpha value is -5.24. The molecule has 3 atom stereocenters. The number of esters is 1. The lowest BCUT2D eigenvalue weighted by atomic mass is 9.55. The Morgan fingerprint density at radius 1 is 0.689 bits per heavy atom. The second kappa shape index (κ2) is 10.4. The third-order valence-corrected chi connectivity index (χ3v) is 9.68. The van der Waals surface area contributed by atoms with E-state index in [0.717, 1.165) is 22.3 Å². The van der Waals surface area contributed by atoms with E-state index in [2.05, 4.69) is 24.3 Å². The molecule has 2 fully saturated rings. The second-order valence-electron chi connectivity index (χ2n) is 12.0. The van der Waals surface area contributed by atoms with E-state index in [1.165, 1.54) is 4.90 Å². The summed E-state index contributed by atoms with van der Waals surface area (Å²) in [5.41, 5.74) is 5.64. The molecule has 3 aliphatic carbocycles. The van der Waals surface area contributed by atoms with Gasteiger partial charge in [0.05, 0.1) is 30.0 Å². The highest BCUT2D eigenvalue weighted by molar-refractivity contribution is 6.23. The lowest BCUT2D eigenvalue weighted by Gasteiger charge is -2.45. The van der Waals surface area contributed by atoms with Crippen molar-refractivity contribution in [3.05, 3.63) is 119 Å². The maximum atomic E-state index is 14.0. The summed E-state index contributed by atoms with van der Waals surface area (Å²) in [7, 11) is 0.